The van der Waals surface area contributed by atoms with Crippen LogP contribution in [0.3, 0.4) is 0 Å². The molecule has 0 spiro atoms. The first kappa shape index (κ1) is 15.3. The Bertz CT molecular complexity index is 438. The third-order valence-corrected chi connectivity index (χ3v) is 3.92. The summed E-state index contributed by atoms with van der Waals surface area (Å²) in [5.74, 6) is 0.0227. The summed E-state index contributed by atoms with van der Waals surface area (Å²) in [7, 11) is 0. The molecule has 1 saturated heterocycles. The summed E-state index contributed by atoms with van der Waals surface area (Å²) in [6.45, 7) is 0.670. The van der Waals surface area contributed by atoms with Crippen molar-refractivity contribution in [1.82, 2.24) is 5.48 Å². The molecular weight excluding hydrogens is 281 g/mol. The largest absolute Gasteiger partial charge is 0.350 e. The van der Waals surface area contributed by atoms with Crippen LogP contribution >= 0.6 is 11.8 Å². The van der Waals surface area contributed by atoms with Gasteiger partial charge in [0.2, 0.25) is 5.91 Å². The molecule has 0 saturated carbocycles. The van der Waals surface area contributed by atoms with Gasteiger partial charge in [0.1, 0.15) is 5.82 Å². The zero-order valence-electron chi connectivity index (χ0n) is 11.1. The van der Waals surface area contributed by atoms with Gasteiger partial charge in [0.25, 0.3) is 0 Å². The Labute approximate surface area is 122 Å². The molecule has 6 heteroatoms. The van der Waals surface area contributed by atoms with Crippen LogP contribution in [0, 0.1) is 5.82 Å². The monoisotopic (exact) mass is 299 g/mol. The van der Waals surface area contributed by atoms with Crippen molar-refractivity contribution in [3.8, 4) is 0 Å². The topological polar surface area (TPSA) is 47.6 Å². The van der Waals surface area contributed by atoms with Crippen LogP contribution in [-0.4, -0.2) is 24.6 Å². The first-order valence-electron chi connectivity index (χ1n) is 6.69. The predicted molar refractivity (Wildman–Crippen MR) is 74.6 cm³/mol. The highest BCUT2D eigenvalue weighted by Crippen LogP contribution is 2.21. The molecule has 1 heterocycles. The van der Waals surface area contributed by atoms with Gasteiger partial charge in [0, 0.05) is 30.1 Å². The number of rotatable bonds is 6. The van der Waals surface area contributed by atoms with Crippen LogP contribution in [0.5, 0.6) is 0 Å². The Morgan fingerprint density at radius 3 is 3.05 bits per heavy atom. The van der Waals surface area contributed by atoms with Crippen LogP contribution in [0.1, 0.15) is 25.7 Å². The average molecular weight is 299 g/mol. The molecule has 1 aliphatic heterocycles. The number of thioether (sulfide) groups is 1. The molecule has 1 N–H and O–H groups in total. The Kier molecular flexibility index (Phi) is 6.29. The van der Waals surface area contributed by atoms with Crippen LogP contribution in [0.4, 0.5) is 4.39 Å². The first-order valence-corrected chi connectivity index (χ1v) is 7.67. The quantitative estimate of drug-likeness (QED) is 0.648. The molecular formula is C14H18FNO3S. The minimum absolute atomic E-state index is 0.219. The lowest BCUT2D eigenvalue weighted by atomic mass is 10.2. The van der Waals surface area contributed by atoms with Gasteiger partial charge in [-0.15, -0.1) is 11.8 Å². The molecule has 0 aromatic heterocycles. The van der Waals surface area contributed by atoms with Gasteiger partial charge in [-0.25, -0.2) is 14.7 Å². The van der Waals surface area contributed by atoms with Gasteiger partial charge in [-0.2, -0.15) is 0 Å². The Morgan fingerprint density at radius 1 is 1.45 bits per heavy atom. The van der Waals surface area contributed by atoms with Crippen molar-refractivity contribution < 1.29 is 18.8 Å². The third kappa shape index (κ3) is 5.11. The Hall–Kier alpha value is -1.11. The van der Waals surface area contributed by atoms with Gasteiger partial charge in [0.15, 0.2) is 6.29 Å². The van der Waals surface area contributed by atoms with Crippen LogP contribution < -0.4 is 5.48 Å². The number of hydrogen-bond donors (Lipinski definition) is 1. The van der Waals surface area contributed by atoms with E-state index in [0.717, 1.165) is 19.3 Å². The van der Waals surface area contributed by atoms with Crippen molar-refractivity contribution in [3.05, 3.63) is 30.1 Å². The van der Waals surface area contributed by atoms with Crippen LogP contribution in [0.15, 0.2) is 29.2 Å². The van der Waals surface area contributed by atoms with Gasteiger partial charge < -0.3 is 4.74 Å². The number of hydrogen-bond acceptors (Lipinski definition) is 4. The molecule has 110 valence electrons. The Morgan fingerprint density at radius 2 is 2.30 bits per heavy atom. The molecule has 1 atom stereocenters. The fourth-order valence-corrected chi connectivity index (χ4v) is 2.69. The third-order valence-electron chi connectivity index (χ3n) is 2.87. The minimum Gasteiger partial charge on any atom is -0.350 e. The minimum atomic E-state index is -0.341. The number of benzene rings is 1. The average Bonchev–Trinajstić information content (AvgIpc) is 2.48. The van der Waals surface area contributed by atoms with E-state index >= 15 is 0 Å². The van der Waals surface area contributed by atoms with Gasteiger partial charge in [-0.05, 0) is 25.0 Å². The second-order valence-electron chi connectivity index (χ2n) is 4.47. The SMILES string of the molecule is O=C(CCSc1ccccc1F)NO[C@@H]1CCCCO1. The van der Waals surface area contributed by atoms with Crippen LogP contribution in [0.2, 0.25) is 0 Å². The summed E-state index contributed by atoms with van der Waals surface area (Å²) in [6, 6.07) is 6.52. The second-order valence-corrected chi connectivity index (χ2v) is 5.60. The smallest absolute Gasteiger partial charge is 0.244 e. The molecule has 1 aromatic rings. The standard InChI is InChI=1S/C14H18FNO3S/c15-11-5-1-2-6-12(11)20-10-8-13(17)16-19-14-7-3-4-9-18-14/h1-2,5-6,14H,3-4,7-10H2,(H,16,17)/t14-/m1/s1. The van der Waals surface area contributed by atoms with Crippen molar-refractivity contribution in [2.24, 2.45) is 0 Å². The number of halogens is 1. The summed E-state index contributed by atoms with van der Waals surface area (Å²) in [5, 5.41) is 0. The first-order chi connectivity index (χ1) is 9.75. The highest BCUT2D eigenvalue weighted by molar-refractivity contribution is 7.99. The van der Waals surface area contributed by atoms with E-state index in [1.54, 1.807) is 18.2 Å². The predicted octanol–water partition coefficient (Wildman–Crippen LogP) is 2.88. The molecule has 20 heavy (non-hydrogen) atoms. The van der Waals surface area contributed by atoms with Crippen molar-refractivity contribution >= 4 is 17.7 Å². The van der Waals surface area contributed by atoms with E-state index in [4.69, 9.17) is 9.57 Å². The van der Waals surface area contributed by atoms with Crippen molar-refractivity contribution in [3.63, 3.8) is 0 Å². The molecule has 0 bridgehead atoms. The van der Waals surface area contributed by atoms with Gasteiger partial charge in [-0.3, -0.25) is 4.79 Å². The molecule has 4 nitrogen and oxygen atoms in total. The summed E-state index contributed by atoms with van der Waals surface area (Å²) in [4.78, 5) is 17.3. The van der Waals surface area contributed by atoms with Gasteiger partial charge >= 0.3 is 0 Å². The molecule has 1 amide bonds. The maximum Gasteiger partial charge on any atom is 0.244 e. The summed E-state index contributed by atoms with van der Waals surface area (Å²) >= 11 is 1.31. The maximum atomic E-state index is 13.3. The van der Waals surface area contributed by atoms with E-state index in [1.807, 2.05) is 0 Å². The highest BCUT2D eigenvalue weighted by atomic mass is 32.2. The lowest BCUT2D eigenvalue weighted by Crippen LogP contribution is -2.33. The molecule has 0 radical (unpaired) electrons. The van der Waals surface area contributed by atoms with Crippen molar-refractivity contribution in [2.75, 3.05) is 12.4 Å². The van der Waals surface area contributed by atoms with Crippen molar-refractivity contribution in [2.45, 2.75) is 36.9 Å². The molecule has 2 rings (SSSR count). The number of carbonyl (C=O) groups excluding carboxylic acids is 1. The summed E-state index contributed by atoms with van der Waals surface area (Å²) in [5.41, 5.74) is 2.38. The molecule has 1 aromatic carbocycles. The van der Waals surface area contributed by atoms with Crippen LogP contribution in [-0.2, 0) is 14.4 Å². The van der Waals surface area contributed by atoms with Crippen molar-refractivity contribution in [1.29, 1.82) is 0 Å². The lowest BCUT2D eigenvalue weighted by Gasteiger charge is -2.22. The van der Waals surface area contributed by atoms with E-state index in [0.29, 0.717) is 17.3 Å². The molecule has 1 fully saturated rings. The van der Waals surface area contributed by atoms with Gasteiger partial charge in [-0.1, -0.05) is 12.1 Å². The summed E-state index contributed by atoms with van der Waals surface area (Å²) < 4.78 is 18.7. The van der Waals surface area contributed by atoms with Crippen LogP contribution in [0.25, 0.3) is 0 Å². The maximum absolute atomic E-state index is 13.3. The fraction of sp³-hybridized carbons (Fsp3) is 0.500. The van der Waals surface area contributed by atoms with Gasteiger partial charge in [0.05, 0.1) is 0 Å². The zero-order valence-corrected chi connectivity index (χ0v) is 12.0. The van der Waals surface area contributed by atoms with E-state index in [2.05, 4.69) is 5.48 Å². The van der Waals surface area contributed by atoms with E-state index in [1.165, 1.54) is 17.8 Å². The number of amides is 1. The zero-order chi connectivity index (χ0) is 14.2. The normalized spacial score (nSPS) is 18.8. The Balaban J connectivity index is 1.61. The molecule has 1 aliphatic rings. The lowest BCUT2D eigenvalue weighted by molar-refractivity contribution is -0.200. The molecule has 0 unspecified atom stereocenters. The number of hydroxylamine groups is 1. The number of ether oxygens (including phenoxy) is 1. The second kappa shape index (κ2) is 8.24. The van der Waals surface area contributed by atoms with E-state index < -0.39 is 0 Å². The fourth-order valence-electron chi connectivity index (χ4n) is 1.80. The number of nitrogens with one attached hydrogen (secondary N) is 1. The molecule has 0 aliphatic carbocycles. The summed E-state index contributed by atoms with van der Waals surface area (Å²) in [6.07, 6.45) is 2.80. The van der Waals surface area contributed by atoms with E-state index in [-0.39, 0.29) is 24.4 Å². The number of carbonyl (C=O) groups is 1. The van der Waals surface area contributed by atoms with E-state index in [9.17, 15) is 9.18 Å². The highest BCUT2D eigenvalue weighted by Gasteiger charge is 2.15.